The summed E-state index contributed by atoms with van der Waals surface area (Å²) >= 11 is 3.92. The summed E-state index contributed by atoms with van der Waals surface area (Å²) < 4.78 is 0. The van der Waals surface area contributed by atoms with E-state index in [2.05, 4.69) is 23.3 Å². The van der Waals surface area contributed by atoms with E-state index in [-0.39, 0.29) is 18.6 Å². The Hall–Kier alpha value is -2.38. The minimum atomic E-state index is -1.41. The maximum Gasteiger partial charge on any atom is 0.322 e. The number of rotatable bonds is 12. The predicted octanol–water partition coefficient (Wildman–Crippen LogP) is -4.33. The molecule has 0 radical (unpaired) electrons. The number of carboxylic acids is 1. The van der Waals surface area contributed by atoms with Gasteiger partial charge in [0.2, 0.25) is 23.6 Å². The molecule has 4 amide bonds. The molecule has 0 bridgehead atoms. The highest BCUT2D eigenvalue weighted by Gasteiger charge is 2.27. The molecule has 0 aliphatic heterocycles. The topological polar surface area (TPSA) is 214 Å². The van der Waals surface area contributed by atoms with Gasteiger partial charge in [0, 0.05) is 12.2 Å². The summed E-state index contributed by atoms with van der Waals surface area (Å²) in [7, 11) is 0. The molecule has 0 aromatic heterocycles. The minimum Gasteiger partial charge on any atom is -0.480 e. The number of nitrogens with two attached hydrogens (primary N) is 2. The summed E-state index contributed by atoms with van der Waals surface area (Å²) in [6.45, 7) is -1.48. The van der Waals surface area contributed by atoms with Crippen molar-refractivity contribution < 1.29 is 34.2 Å². The molecular weight excluding hydrogens is 370 g/mol. The standard InChI is InChI=1S/C13H23N5O7S/c14-6(1-2-9(15)20)11(23)18-8(5-26)13(25)17-7(4-19)12(24)16-3-10(21)22/h6-8,19,26H,1-5,14H2,(H2,15,20)(H,16,24)(H,17,25)(H,18,23)(H,21,22). The largest absolute Gasteiger partial charge is 0.480 e. The van der Waals surface area contributed by atoms with Crippen LogP contribution in [0.25, 0.3) is 0 Å². The van der Waals surface area contributed by atoms with Crippen LogP contribution in [0.3, 0.4) is 0 Å². The van der Waals surface area contributed by atoms with Gasteiger partial charge in [-0.15, -0.1) is 0 Å². The van der Waals surface area contributed by atoms with Crippen molar-refractivity contribution in [1.29, 1.82) is 0 Å². The average Bonchev–Trinajstić information content (AvgIpc) is 2.59. The fourth-order valence-electron chi connectivity index (χ4n) is 1.65. The van der Waals surface area contributed by atoms with Gasteiger partial charge in [0.05, 0.1) is 12.6 Å². The van der Waals surface area contributed by atoms with Crippen LogP contribution in [0, 0.1) is 0 Å². The lowest BCUT2D eigenvalue weighted by molar-refractivity contribution is -0.138. The number of aliphatic hydroxyl groups excluding tert-OH is 1. The van der Waals surface area contributed by atoms with Crippen molar-refractivity contribution >= 4 is 42.2 Å². The highest BCUT2D eigenvalue weighted by Crippen LogP contribution is 1.97. The zero-order chi connectivity index (χ0) is 20.3. The molecule has 26 heavy (non-hydrogen) atoms. The van der Waals surface area contributed by atoms with Gasteiger partial charge in [0.25, 0.3) is 0 Å². The summed E-state index contributed by atoms with van der Waals surface area (Å²) in [6, 6.07) is -3.67. The van der Waals surface area contributed by atoms with Gasteiger partial charge < -0.3 is 37.6 Å². The Balaban J connectivity index is 4.70. The minimum absolute atomic E-state index is 0.0149. The summed E-state index contributed by atoms with van der Waals surface area (Å²) in [6.07, 6.45) is -0.123. The van der Waals surface area contributed by atoms with Crippen LogP contribution in [0.5, 0.6) is 0 Å². The maximum atomic E-state index is 12.1. The zero-order valence-electron chi connectivity index (χ0n) is 13.8. The fourth-order valence-corrected chi connectivity index (χ4v) is 1.91. The van der Waals surface area contributed by atoms with Crippen molar-refractivity contribution in [2.24, 2.45) is 11.5 Å². The molecule has 0 fully saturated rings. The highest BCUT2D eigenvalue weighted by atomic mass is 32.1. The highest BCUT2D eigenvalue weighted by molar-refractivity contribution is 7.80. The van der Waals surface area contributed by atoms with Gasteiger partial charge in [-0.2, -0.15) is 12.6 Å². The number of primary amides is 1. The number of carboxylic acid groups (broad SMARTS) is 1. The molecule has 0 spiro atoms. The van der Waals surface area contributed by atoms with E-state index in [0.29, 0.717) is 0 Å². The first-order valence-corrected chi connectivity index (χ1v) is 8.11. The number of thiol groups is 1. The van der Waals surface area contributed by atoms with Gasteiger partial charge >= 0.3 is 5.97 Å². The van der Waals surface area contributed by atoms with Gasteiger partial charge in [-0.25, -0.2) is 0 Å². The fraction of sp³-hybridized carbons (Fsp3) is 0.615. The Morgan fingerprint density at radius 2 is 1.58 bits per heavy atom. The third-order valence-corrected chi connectivity index (χ3v) is 3.45. The molecule has 12 nitrogen and oxygen atoms in total. The first-order valence-electron chi connectivity index (χ1n) is 7.48. The summed E-state index contributed by atoms with van der Waals surface area (Å²) in [4.78, 5) is 56.8. The quantitative estimate of drug-likeness (QED) is 0.151. The molecule has 0 rings (SSSR count). The van der Waals surface area contributed by atoms with Crippen molar-refractivity contribution in [3.63, 3.8) is 0 Å². The summed E-state index contributed by atoms with van der Waals surface area (Å²) in [5.74, 6) is -4.54. The van der Waals surface area contributed by atoms with Gasteiger partial charge in [0.1, 0.15) is 18.6 Å². The second-order valence-electron chi connectivity index (χ2n) is 5.21. The molecule has 9 N–H and O–H groups in total. The van der Waals surface area contributed by atoms with E-state index >= 15 is 0 Å². The monoisotopic (exact) mass is 393 g/mol. The number of aliphatic hydroxyl groups is 1. The predicted molar refractivity (Wildman–Crippen MR) is 91.8 cm³/mol. The molecule has 13 heteroatoms. The van der Waals surface area contributed by atoms with Crippen LogP contribution >= 0.6 is 12.6 Å². The van der Waals surface area contributed by atoms with Crippen molar-refractivity contribution in [2.45, 2.75) is 31.0 Å². The Morgan fingerprint density at radius 3 is 2.04 bits per heavy atom. The number of aliphatic carboxylic acids is 1. The van der Waals surface area contributed by atoms with E-state index in [9.17, 15) is 24.0 Å². The number of nitrogens with one attached hydrogen (secondary N) is 3. The average molecular weight is 393 g/mol. The molecule has 0 saturated heterocycles. The van der Waals surface area contributed by atoms with E-state index in [1.54, 1.807) is 0 Å². The smallest absolute Gasteiger partial charge is 0.322 e. The Morgan fingerprint density at radius 1 is 1.00 bits per heavy atom. The van der Waals surface area contributed by atoms with Crippen molar-refractivity contribution in [2.75, 3.05) is 18.9 Å². The van der Waals surface area contributed by atoms with E-state index < -0.39 is 60.9 Å². The van der Waals surface area contributed by atoms with Crippen molar-refractivity contribution in [3.8, 4) is 0 Å². The second-order valence-corrected chi connectivity index (χ2v) is 5.58. The lowest BCUT2D eigenvalue weighted by Gasteiger charge is -2.22. The van der Waals surface area contributed by atoms with E-state index in [1.165, 1.54) is 0 Å². The number of amides is 4. The van der Waals surface area contributed by atoms with Crippen molar-refractivity contribution in [3.05, 3.63) is 0 Å². The normalized spacial score (nSPS) is 13.8. The number of hydrogen-bond donors (Lipinski definition) is 8. The summed E-state index contributed by atoms with van der Waals surface area (Å²) in [5.41, 5.74) is 10.5. The molecule has 0 heterocycles. The van der Waals surface area contributed by atoms with Crippen LogP contribution in [-0.4, -0.2) is 76.8 Å². The lowest BCUT2D eigenvalue weighted by atomic mass is 10.1. The van der Waals surface area contributed by atoms with Crippen LogP contribution in [0.15, 0.2) is 0 Å². The Kier molecular flexibility index (Phi) is 10.9. The zero-order valence-corrected chi connectivity index (χ0v) is 14.7. The van der Waals surface area contributed by atoms with Gasteiger partial charge in [-0.05, 0) is 6.42 Å². The van der Waals surface area contributed by atoms with Gasteiger partial charge in [0.15, 0.2) is 0 Å². The molecular formula is C13H23N5O7S. The van der Waals surface area contributed by atoms with Crippen LogP contribution in [0.2, 0.25) is 0 Å². The van der Waals surface area contributed by atoms with Crippen LogP contribution < -0.4 is 27.4 Å². The molecule has 0 aromatic carbocycles. The van der Waals surface area contributed by atoms with E-state index in [1.807, 2.05) is 5.32 Å². The maximum absolute atomic E-state index is 12.1. The van der Waals surface area contributed by atoms with Gasteiger partial charge in [-0.1, -0.05) is 0 Å². The lowest BCUT2D eigenvalue weighted by Crippen LogP contribution is -2.57. The number of carbonyl (C=O) groups excluding carboxylic acids is 4. The Bertz CT molecular complexity index is 545. The first kappa shape index (κ1) is 23.6. The Labute approximate surface area is 154 Å². The summed E-state index contributed by atoms with van der Waals surface area (Å²) in [5, 5.41) is 24.1. The third kappa shape index (κ3) is 9.19. The third-order valence-electron chi connectivity index (χ3n) is 3.08. The second kappa shape index (κ2) is 12.1. The van der Waals surface area contributed by atoms with Crippen molar-refractivity contribution in [1.82, 2.24) is 16.0 Å². The molecule has 0 aliphatic carbocycles. The van der Waals surface area contributed by atoms with Crippen LogP contribution in [-0.2, 0) is 24.0 Å². The van der Waals surface area contributed by atoms with E-state index in [4.69, 9.17) is 21.7 Å². The molecule has 0 saturated carbocycles. The van der Waals surface area contributed by atoms with Gasteiger partial charge in [-0.3, -0.25) is 24.0 Å². The molecule has 0 aliphatic rings. The SMILES string of the molecule is NC(=O)CCC(N)C(=O)NC(CS)C(=O)NC(CO)C(=O)NCC(=O)O. The molecule has 3 unspecified atom stereocenters. The number of carbonyl (C=O) groups is 5. The molecule has 3 atom stereocenters. The van der Waals surface area contributed by atoms with E-state index in [0.717, 1.165) is 0 Å². The van der Waals surface area contributed by atoms with Crippen LogP contribution in [0.4, 0.5) is 0 Å². The molecule has 148 valence electrons. The molecule has 0 aromatic rings. The number of hydrogen-bond acceptors (Lipinski definition) is 8. The first-order chi connectivity index (χ1) is 12.1. The van der Waals surface area contributed by atoms with Crippen LogP contribution in [0.1, 0.15) is 12.8 Å².